The molecule has 2 heteroatoms. The highest BCUT2D eigenvalue weighted by Crippen LogP contribution is 2.63. The van der Waals surface area contributed by atoms with Crippen molar-refractivity contribution in [3.05, 3.63) is 59.2 Å². The minimum Gasteiger partial charge on any atom is -0.493 e. The van der Waals surface area contributed by atoms with Gasteiger partial charge in [-0.2, -0.15) is 0 Å². The lowest BCUT2D eigenvalue weighted by molar-refractivity contribution is 0.0335. The first kappa shape index (κ1) is 19.0. The van der Waals surface area contributed by atoms with E-state index in [0.717, 1.165) is 29.3 Å². The molecule has 0 aromatic heterocycles. The third-order valence-electron chi connectivity index (χ3n) is 8.72. The van der Waals surface area contributed by atoms with Crippen molar-refractivity contribution >= 4 is 0 Å². The molecular weight excluding hydrogens is 356 g/mol. The van der Waals surface area contributed by atoms with Gasteiger partial charge in [0.25, 0.3) is 0 Å². The van der Waals surface area contributed by atoms with Gasteiger partial charge >= 0.3 is 0 Å². The van der Waals surface area contributed by atoms with E-state index in [1.165, 1.54) is 49.7 Å². The van der Waals surface area contributed by atoms with Gasteiger partial charge in [-0.05, 0) is 96.4 Å². The molecule has 2 saturated carbocycles. The van der Waals surface area contributed by atoms with Crippen LogP contribution in [0.15, 0.2) is 42.5 Å². The summed E-state index contributed by atoms with van der Waals surface area (Å²) in [5, 5.41) is 0. The van der Waals surface area contributed by atoms with Crippen molar-refractivity contribution in [1.82, 2.24) is 0 Å². The molecular formula is C27H34O2. The lowest BCUT2D eigenvalue weighted by atomic mass is 9.54. The first-order valence-electron chi connectivity index (χ1n) is 11.5. The zero-order valence-electron chi connectivity index (χ0n) is 18.1. The van der Waals surface area contributed by atoms with Gasteiger partial charge in [-0.3, -0.25) is 0 Å². The van der Waals surface area contributed by atoms with Gasteiger partial charge in [0.2, 0.25) is 0 Å². The third-order valence-corrected chi connectivity index (χ3v) is 8.72. The van der Waals surface area contributed by atoms with Crippen LogP contribution in [0.5, 0.6) is 11.5 Å². The van der Waals surface area contributed by atoms with Gasteiger partial charge in [-0.25, -0.2) is 0 Å². The molecule has 0 amide bonds. The molecule has 29 heavy (non-hydrogen) atoms. The summed E-state index contributed by atoms with van der Waals surface area (Å²) in [6.07, 6.45) is 8.10. The largest absolute Gasteiger partial charge is 0.493 e. The molecule has 2 nitrogen and oxygen atoms in total. The molecule has 2 aromatic rings. The van der Waals surface area contributed by atoms with Crippen molar-refractivity contribution in [3.63, 3.8) is 0 Å². The molecule has 0 saturated heterocycles. The second-order valence-corrected chi connectivity index (χ2v) is 9.91. The summed E-state index contributed by atoms with van der Waals surface area (Å²) in [5.41, 5.74) is 4.80. The normalized spacial score (nSPS) is 32.8. The summed E-state index contributed by atoms with van der Waals surface area (Å²) < 4.78 is 12.0. The maximum Gasteiger partial charge on any atom is 0.161 e. The average molecular weight is 391 g/mol. The number of rotatable bonds is 4. The lowest BCUT2D eigenvalue weighted by Gasteiger charge is -2.50. The number of fused-ring (bicyclic) bond motifs is 5. The van der Waals surface area contributed by atoms with E-state index in [9.17, 15) is 0 Å². The van der Waals surface area contributed by atoms with Crippen LogP contribution in [0, 0.1) is 23.2 Å². The molecule has 0 aliphatic heterocycles. The first-order valence-corrected chi connectivity index (χ1v) is 11.5. The Labute approximate surface area is 175 Å². The summed E-state index contributed by atoms with van der Waals surface area (Å²) in [4.78, 5) is 0. The molecule has 3 aliphatic carbocycles. The van der Waals surface area contributed by atoms with Crippen molar-refractivity contribution in [2.45, 2.75) is 64.9 Å². The van der Waals surface area contributed by atoms with Crippen LogP contribution < -0.4 is 9.47 Å². The van der Waals surface area contributed by atoms with E-state index in [1.54, 1.807) is 12.7 Å². The van der Waals surface area contributed by atoms with Crippen molar-refractivity contribution in [1.29, 1.82) is 0 Å². The van der Waals surface area contributed by atoms with Crippen LogP contribution in [0.4, 0.5) is 0 Å². The van der Waals surface area contributed by atoms with Crippen LogP contribution in [0.3, 0.4) is 0 Å². The minimum absolute atomic E-state index is 0.571. The highest BCUT2D eigenvalue weighted by Gasteiger charge is 2.53. The van der Waals surface area contributed by atoms with E-state index in [2.05, 4.69) is 50.2 Å². The lowest BCUT2D eigenvalue weighted by Crippen LogP contribution is -2.41. The topological polar surface area (TPSA) is 18.5 Å². The fraction of sp³-hybridized carbons (Fsp3) is 0.556. The van der Waals surface area contributed by atoms with Gasteiger partial charge in [-0.1, -0.05) is 44.2 Å². The highest BCUT2D eigenvalue weighted by atomic mass is 16.5. The van der Waals surface area contributed by atoms with Crippen LogP contribution in [0.2, 0.25) is 0 Å². The summed E-state index contributed by atoms with van der Waals surface area (Å²) in [6, 6.07) is 15.0. The van der Waals surface area contributed by atoms with E-state index in [0.29, 0.717) is 17.9 Å². The minimum atomic E-state index is 0.571. The Kier molecular flexibility index (Phi) is 4.84. The molecule has 0 spiro atoms. The van der Waals surface area contributed by atoms with Crippen molar-refractivity contribution in [3.8, 4) is 11.5 Å². The number of aryl methyl sites for hydroxylation is 1. The molecule has 5 atom stereocenters. The Hall–Kier alpha value is -1.96. The standard InChI is InChI=1S/C27H34O2/c1-18-9-12-24-22-11-10-20-15-26(29-17-19-7-5-4-6-8-19)25(28-3)16-23(20)21(22)13-14-27(18,24)2/h4-8,15-16,18,21-22,24H,9-14,17H2,1-3H3/t18-,21?,22?,24?,27+/m0/s1. The molecule has 154 valence electrons. The molecule has 3 aliphatic rings. The Morgan fingerprint density at radius 2 is 1.83 bits per heavy atom. The predicted octanol–water partition coefficient (Wildman–Crippen LogP) is 6.77. The zero-order chi connectivity index (χ0) is 20.0. The third kappa shape index (κ3) is 3.16. The van der Waals surface area contributed by atoms with Crippen LogP contribution >= 0.6 is 0 Å². The molecule has 0 heterocycles. The molecule has 2 fully saturated rings. The maximum absolute atomic E-state index is 6.19. The molecule has 3 unspecified atom stereocenters. The average Bonchev–Trinajstić information content (AvgIpc) is 3.06. The van der Waals surface area contributed by atoms with Gasteiger partial charge in [0, 0.05) is 0 Å². The molecule has 0 N–H and O–H groups in total. The Morgan fingerprint density at radius 1 is 1.00 bits per heavy atom. The number of methoxy groups -OCH3 is 1. The molecule has 0 bridgehead atoms. The first-order chi connectivity index (χ1) is 14.1. The Morgan fingerprint density at radius 3 is 2.62 bits per heavy atom. The van der Waals surface area contributed by atoms with Gasteiger partial charge in [-0.15, -0.1) is 0 Å². The SMILES string of the molecule is COc1cc2c(cc1OCc1ccccc1)CCC1C2CC[C@@]2(C)C1CC[C@@H]2C. The Bertz CT molecular complexity index is 874. The van der Waals surface area contributed by atoms with Gasteiger partial charge in [0.05, 0.1) is 7.11 Å². The van der Waals surface area contributed by atoms with E-state index in [4.69, 9.17) is 9.47 Å². The summed E-state index contributed by atoms with van der Waals surface area (Å²) >= 11 is 0. The predicted molar refractivity (Wildman–Crippen MR) is 118 cm³/mol. The van der Waals surface area contributed by atoms with E-state index < -0.39 is 0 Å². The molecule has 2 aromatic carbocycles. The van der Waals surface area contributed by atoms with Gasteiger partial charge < -0.3 is 9.47 Å². The van der Waals surface area contributed by atoms with E-state index in [-0.39, 0.29) is 0 Å². The van der Waals surface area contributed by atoms with Crippen molar-refractivity contribution in [2.75, 3.05) is 7.11 Å². The fourth-order valence-electron chi connectivity index (χ4n) is 6.85. The van der Waals surface area contributed by atoms with Crippen LogP contribution in [-0.4, -0.2) is 7.11 Å². The second-order valence-electron chi connectivity index (χ2n) is 9.91. The molecule has 5 rings (SSSR count). The highest BCUT2D eigenvalue weighted by molar-refractivity contribution is 5.50. The molecule has 0 radical (unpaired) electrons. The van der Waals surface area contributed by atoms with E-state index in [1.807, 2.05) is 6.07 Å². The van der Waals surface area contributed by atoms with Crippen LogP contribution in [0.1, 0.15) is 68.6 Å². The number of hydrogen-bond donors (Lipinski definition) is 0. The summed E-state index contributed by atoms with van der Waals surface area (Å²) in [6.45, 7) is 5.67. The maximum atomic E-state index is 6.19. The fourth-order valence-corrected chi connectivity index (χ4v) is 6.85. The van der Waals surface area contributed by atoms with Gasteiger partial charge in [0.1, 0.15) is 6.61 Å². The second kappa shape index (κ2) is 7.38. The smallest absolute Gasteiger partial charge is 0.161 e. The van der Waals surface area contributed by atoms with Crippen LogP contribution in [-0.2, 0) is 13.0 Å². The zero-order valence-corrected chi connectivity index (χ0v) is 18.1. The Balaban J connectivity index is 1.41. The number of ether oxygens (including phenoxy) is 2. The summed E-state index contributed by atoms with van der Waals surface area (Å²) in [5.74, 6) is 5.14. The van der Waals surface area contributed by atoms with Gasteiger partial charge in [0.15, 0.2) is 11.5 Å². The quantitative estimate of drug-likeness (QED) is 0.574. The number of hydrogen-bond acceptors (Lipinski definition) is 2. The number of benzene rings is 2. The van der Waals surface area contributed by atoms with Crippen LogP contribution in [0.25, 0.3) is 0 Å². The van der Waals surface area contributed by atoms with E-state index >= 15 is 0 Å². The van der Waals surface area contributed by atoms with Crippen molar-refractivity contribution < 1.29 is 9.47 Å². The van der Waals surface area contributed by atoms with Crippen molar-refractivity contribution in [2.24, 2.45) is 23.2 Å². The summed E-state index contributed by atoms with van der Waals surface area (Å²) in [7, 11) is 1.77. The monoisotopic (exact) mass is 390 g/mol.